The van der Waals surface area contributed by atoms with E-state index in [-0.39, 0.29) is 5.78 Å². The van der Waals surface area contributed by atoms with E-state index < -0.39 is 4.84 Å². The molecule has 1 heterocycles. The van der Waals surface area contributed by atoms with Gasteiger partial charge in [-0.1, -0.05) is 29.3 Å². The maximum absolute atomic E-state index is 11.0. The first-order valence-electron chi connectivity index (χ1n) is 2.95. The Morgan fingerprint density at radius 1 is 1.45 bits per heavy atom. The van der Waals surface area contributed by atoms with Gasteiger partial charge in [0.2, 0.25) is 5.78 Å². The summed E-state index contributed by atoms with van der Waals surface area (Å²) >= 11 is 10.7. The lowest BCUT2D eigenvalue weighted by molar-refractivity contribution is 0.100. The second-order valence-electron chi connectivity index (χ2n) is 1.88. The molecule has 0 bridgehead atoms. The fourth-order valence-electron chi connectivity index (χ4n) is 0.620. The second-order valence-corrected chi connectivity index (χ2v) is 2.98. The van der Waals surface area contributed by atoms with Crippen LogP contribution in [0.4, 0.5) is 0 Å². The summed E-state index contributed by atoms with van der Waals surface area (Å²) in [5.41, 5.74) is 0.294. The fourth-order valence-corrected chi connectivity index (χ4v) is 0.844. The van der Waals surface area contributed by atoms with Crippen LogP contribution in [0, 0.1) is 0 Å². The number of nitrogens with zero attached hydrogens (tertiary/aromatic N) is 1. The molecule has 58 valence electrons. The maximum Gasteiger partial charge on any atom is 0.213 e. The van der Waals surface area contributed by atoms with Crippen LogP contribution in [0.15, 0.2) is 24.4 Å². The van der Waals surface area contributed by atoms with Crippen LogP contribution in [-0.2, 0) is 0 Å². The largest absolute Gasteiger partial charge is 0.289 e. The van der Waals surface area contributed by atoms with Crippen LogP contribution in [0.3, 0.4) is 0 Å². The highest BCUT2D eigenvalue weighted by molar-refractivity contribution is 6.55. The zero-order valence-corrected chi connectivity index (χ0v) is 7.01. The minimum absolute atomic E-state index is 0.294. The summed E-state index contributed by atoms with van der Waals surface area (Å²) in [4.78, 5) is 13.8. The van der Waals surface area contributed by atoms with E-state index in [4.69, 9.17) is 23.2 Å². The average molecular weight is 190 g/mol. The Morgan fingerprint density at radius 2 is 2.18 bits per heavy atom. The lowest BCUT2D eigenvalue weighted by Crippen LogP contribution is -2.09. The second kappa shape index (κ2) is 3.69. The zero-order chi connectivity index (χ0) is 8.27. The minimum atomic E-state index is -1.02. The van der Waals surface area contributed by atoms with Crippen LogP contribution in [-0.4, -0.2) is 15.6 Å². The van der Waals surface area contributed by atoms with Crippen LogP contribution >= 0.6 is 23.2 Å². The van der Waals surface area contributed by atoms with Crippen molar-refractivity contribution in [3.05, 3.63) is 30.1 Å². The van der Waals surface area contributed by atoms with E-state index in [0.29, 0.717) is 5.69 Å². The number of ketones is 1. The predicted octanol–water partition coefficient (Wildman–Crippen LogP) is 2.07. The van der Waals surface area contributed by atoms with Crippen LogP contribution in [0.5, 0.6) is 0 Å². The van der Waals surface area contributed by atoms with E-state index in [1.54, 1.807) is 18.2 Å². The number of carbonyl (C=O) groups is 1. The van der Waals surface area contributed by atoms with Crippen LogP contribution < -0.4 is 0 Å². The van der Waals surface area contributed by atoms with Gasteiger partial charge >= 0.3 is 0 Å². The van der Waals surface area contributed by atoms with Crippen molar-refractivity contribution < 1.29 is 4.79 Å². The van der Waals surface area contributed by atoms with E-state index in [1.165, 1.54) is 6.20 Å². The number of pyridine rings is 1. The number of carbonyl (C=O) groups excluding carboxylic acids is 1. The van der Waals surface area contributed by atoms with Gasteiger partial charge in [0.25, 0.3) is 0 Å². The first kappa shape index (κ1) is 8.50. The number of hydrogen-bond donors (Lipinski definition) is 0. The minimum Gasteiger partial charge on any atom is -0.289 e. The molecule has 0 saturated heterocycles. The van der Waals surface area contributed by atoms with E-state index in [9.17, 15) is 4.79 Å². The first-order valence-corrected chi connectivity index (χ1v) is 3.82. The molecule has 0 aliphatic carbocycles. The molecular weight excluding hydrogens is 185 g/mol. The number of alkyl halides is 2. The smallest absolute Gasteiger partial charge is 0.213 e. The van der Waals surface area contributed by atoms with Gasteiger partial charge in [-0.2, -0.15) is 0 Å². The van der Waals surface area contributed by atoms with Crippen molar-refractivity contribution in [2.24, 2.45) is 0 Å². The van der Waals surface area contributed by atoms with Crippen molar-refractivity contribution in [2.75, 3.05) is 0 Å². The summed E-state index contributed by atoms with van der Waals surface area (Å²) in [6.45, 7) is 0. The van der Waals surface area contributed by atoms with Crippen LogP contribution in [0.25, 0.3) is 0 Å². The molecule has 1 aromatic rings. The molecule has 0 spiro atoms. The summed E-state index contributed by atoms with van der Waals surface area (Å²) < 4.78 is 0. The van der Waals surface area contributed by atoms with Crippen LogP contribution in [0.2, 0.25) is 0 Å². The predicted molar refractivity (Wildman–Crippen MR) is 44.1 cm³/mol. The fraction of sp³-hybridized carbons (Fsp3) is 0.143. The molecule has 1 aromatic heterocycles. The van der Waals surface area contributed by atoms with Gasteiger partial charge in [0.1, 0.15) is 5.69 Å². The Bertz CT molecular complexity index is 248. The third-order valence-electron chi connectivity index (χ3n) is 1.12. The summed E-state index contributed by atoms with van der Waals surface area (Å²) in [6, 6.07) is 4.99. The Balaban J connectivity index is 2.86. The highest BCUT2D eigenvalue weighted by atomic mass is 35.5. The molecule has 2 nitrogen and oxygen atoms in total. The number of halogens is 2. The summed E-state index contributed by atoms with van der Waals surface area (Å²) in [6.07, 6.45) is 1.52. The van der Waals surface area contributed by atoms with E-state index in [2.05, 4.69) is 4.98 Å². The molecule has 0 aliphatic heterocycles. The Morgan fingerprint density at radius 3 is 2.64 bits per heavy atom. The molecule has 0 N–H and O–H groups in total. The summed E-state index contributed by atoms with van der Waals surface area (Å²) in [7, 11) is 0. The van der Waals surface area contributed by atoms with E-state index >= 15 is 0 Å². The number of Topliss-reactive ketones (excluding diaryl/α,β-unsaturated/α-hetero) is 1. The van der Waals surface area contributed by atoms with Crippen molar-refractivity contribution in [1.82, 2.24) is 4.98 Å². The maximum atomic E-state index is 11.0. The lowest BCUT2D eigenvalue weighted by atomic mass is 10.3. The van der Waals surface area contributed by atoms with Gasteiger partial charge < -0.3 is 0 Å². The molecule has 11 heavy (non-hydrogen) atoms. The molecule has 0 aliphatic rings. The zero-order valence-electron chi connectivity index (χ0n) is 5.50. The third kappa shape index (κ3) is 2.17. The first-order chi connectivity index (χ1) is 5.22. The van der Waals surface area contributed by atoms with Gasteiger partial charge in [0, 0.05) is 6.20 Å². The van der Waals surface area contributed by atoms with E-state index in [0.717, 1.165) is 0 Å². The van der Waals surface area contributed by atoms with Gasteiger partial charge in [-0.25, -0.2) is 0 Å². The lowest BCUT2D eigenvalue weighted by Gasteiger charge is -1.97. The van der Waals surface area contributed by atoms with Gasteiger partial charge in [0.05, 0.1) is 0 Å². The molecule has 0 saturated carbocycles. The van der Waals surface area contributed by atoms with Crippen molar-refractivity contribution in [2.45, 2.75) is 4.84 Å². The third-order valence-corrected chi connectivity index (χ3v) is 1.51. The van der Waals surface area contributed by atoms with Gasteiger partial charge in [-0.3, -0.25) is 9.78 Å². The topological polar surface area (TPSA) is 30.0 Å². The number of aromatic nitrogens is 1. The quantitative estimate of drug-likeness (QED) is 0.527. The Hall–Kier alpha value is -0.600. The van der Waals surface area contributed by atoms with Crippen molar-refractivity contribution in [3.8, 4) is 0 Å². The highest BCUT2D eigenvalue weighted by Crippen LogP contribution is 2.08. The molecule has 0 fully saturated rings. The molecule has 0 unspecified atom stereocenters. The molecule has 0 amide bonds. The van der Waals surface area contributed by atoms with Crippen molar-refractivity contribution in [1.29, 1.82) is 0 Å². The summed E-state index contributed by atoms with van der Waals surface area (Å²) in [5, 5.41) is 0. The molecule has 0 aromatic carbocycles. The molecule has 0 radical (unpaired) electrons. The number of rotatable bonds is 2. The monoisotopic (exact) mass is 189 g/mol. The normalized spacial score (nSPS) is 10.1. The van der Waals surface area contributed by atoms with Crippen LogP contribution in [0.1, 0.15) is 10.5 Å². The SMILES string of the molecule is O=C(c1ccccn1)C(Cl)Cl. The van der Waals surface area contributed by atoms with Gasteiger partial charge in [-0.05, 0) is 12.1 Å². The standard InChI is InChI=1S/C7H5Cl2NO/c8-7(9)6(11)5-3-1-2-4-10-5/h1-4,7H. The summed E-state index contributed by atoms with van der Waals surface area (Å²) in [5.74, 6) is -0.367. The Labute approximate surface area is 74.1 Å². The number of hydrogen-bond acceptors (Lipinski definition) is 2. The van der Waals surface area contributed by atoms with Gasteiger partial charge in [-0.15, -0.1) is 0 Å². The molecule has 0 atom stereocenters. The van der Waals surface area contributed by atoms with Gasteiger partial charge in [0.15, 0.2) is 4.84 Å². The molecule has 1 rings (SSSR count). The van der Waals surface area contributed by atoms with E-state index in [1.807, 2.05) is 0 Å². The Kier molecular flexibility index (Phi) is 2.85. The molecule has 4 heteroatoms. The average Bonchev–Trinajstić information content (AvgIpc) is 2.05. The van der Waals surface area contributed by atoms with Crippen molar-refractivity contribution >= 4 is 29.0 Å². The van der Waals surface area contributed by atoms with Crippen molar-refractivity contribution in [3.63, 3.8) is 0 Å². The highest BCUT2D eigenvalue weighted by Gasteiger charge is 2.14. The molecular formula is C7H5Cl2NO.